The molecule has 126 valence electrons. The predicted molar refractivity (Wildman–Crippen MR) is 86.6 cm³/mol. The molecule has 1 aliphatic carbocycles. The maximum atomic E-state index is 13.0. The van der Waals surface area contributed by atoms with E-state index in [1.807, 2.05) is 11.6 Å². The van der Waals surface area contributed by atoms with Crippen molar-refractivity contribution in [2.24, 2.45) is 0 Å². The lowest BCUT2D eigenvalue weighted by Crippen LogP contribution is -2.27. The van der Waals surface area contributed by atoms with Crippen LogP contribution in [0.1, 0.15) is 48.9 Å². The lowest BCUT2D eigenvalue weighted by molar-refractivity contribution is 0.405. The van der Waals surface area contributed by atoms with Gasteiger partial charge < -0.3 is 4.42 Å². The van der Waals surface area contributed by atoms with Gasteiger partial charge in [-0.25, -0.2) is 8.42 Å². The minimum Gasteiger partial charge on any atom is -0.468 e. The topological polar surface area (TPSA) is 68.3 Å². The zero-order valence-corrected chi connectivity index (χ0v) is 14.6. The van der Waals surface area contributed by atoms with Crippen LogP contribution in [0, 0.1) is 13.8 Å². The van der Waals surface area contributed by atoms with Crippen LogP contribution in [0.15, 0.2) is 27.7 Å². The zero-order chi connectivity index (χ0) is 16.6. The first-order valence-corrected chi connectivity index (χ1v) is 9.39. The maximum absolute atomic E-state index is 13.0. The Hall–Kier alpha value is -1.60. The molecule has 23 heavy (non-hydrogen) atoms. The van der Waals surface area contributed by atoms with Crippen LogP contribution in [0.3, 0.4) is 0 Å². The Bertz CT molecular complexity index is 772. The fraction of sp³-hybridized carbons (Fsp3) is 0.562. The minimum atomic E-state index is -3.60. The Morgan fingerprint density at radius 3 is 2.65 bits per heavy atom. The second kappa shape index (κ2) is 6.13. The van der Waals surface area contributed by atoms with Crippen LogP contribution in [0.25, 0.3) is 0 Å². The summed E-state index contributed by atoms with van der Waals surface area (Å²) in [4.78, 5) is 0.332. The highest BCUT2D eigenvalue weighted by Crippen LogP contribution is 2.33. The highest BCUT2D eigenvalue weighted by Gasteiger charge is 2.31. The zero-order valence-electron chi connectivity index (χ0n) is 13.8. The molecule has 1 fully saturated rings. The van der Waals surface area contributed by atoms with Crippen LogP contribution < -0.4 is 0 Å². The van der Waals surface area contributed by atoms with Gasteiger partial charge in [-0.2, -0.15) is 9.40 Å². The summed E-state index contributed by atoms with van der Waals surface area (Å²) in [7, 11) is -2.02. The van der Waals surface area contributed by atoms with E-state index in [1.54, 1.807) is 32.4 Å². The van der Waals surface area contributed by atoms with Gasteiger partial charge in [-0.3, -0.25) is 4.68 Å². The monoisotopic (exact) mass is 337 g/mol. The van der Waals surface area contributed by atoms with Crippen molar-refractivity contribution in [3.63, 3.8) is 0 Å². The second-order valence-electron chi connectivity index (χ2n) is 6.22. The third kappa shape index (κ3) is 2.95. The number of nitrogens with zero attached hydrogens (tertiary/aromatic N) is 3. The van der Waals surface area contributed by atoms with E-state index >= 15 is 0 Å². The van der Waals surface area contributed by atoms with E-state index in [4.69, 9.17) is 4.42 Å². The lowest BCUT2D eigenvalue weighted by Gasteiger charge is -2.17. The van der Waals surface area contributed by atoms with Gasteiger partial charge in [0.2, 0.25) is 10.0 Å². The number of aromatic nitrogens is 2. The summed E-state index contributed by atoms with van der Waals surface area (Å²) >= 11 is 0. The van der Waals surface area contributed by atoms with Gasteiger partial charge in [0.15, 0.2) is 0 Å². The quantitative estimate of drug-likeness (QED) is 0.841. The highest BCUT2D eigenvalue weighted by atomic mass is 32.2. The van der Waals surface area contributed by atoms with Gasteiger partial charge in [-0.05, 0) is 38.8 Å². The largest absolute Gasteiger partial charge is 0.468 e. The molecule has 0 aliphatic heterocycles. The van der Waals surface area contributed by atoms with Gasteiger partial charge in [0.05, 0.1) is 30.2 Å². The van der Waals surface area contributed by atoms with Gasteiger partial charge in [0.1, 0.15) is 10.7 Å². The van der Waals surface area contributed by atoms with Crippen molar-refractivity contribution in [1.29, 1.82) is 0 Å². The van der Waals surface area contributed by atoms with Gasteiger partial charge in [0, 0.05) is 7.05 Å². The molecule has 0 bridgehead atoms. The van der Waals surface area contributed by atoms with E-state index in [0.717, 1.165) is 18.5 Å². The fourth-order valence-corrected chi connectivity index (χ4v) is 4.88. The SMILES string of the molecule is Cc1nn(C2CCCC2)c(C)c1S(=O)(=O)N(C)Cc1ccco1. The molecule has 2 aromatic heterocycles. The van der Waals surface area contributed by atoms with Crippen molar-refractivity contribution >= 4 is 10.0 Å². The molecule has 0 unspecified atom stereocenters. The molecular formula is C16H23N3O3S. The van der Waals surface area contributed by atoms with Crippen LogP contribution in [0.5, 0.6) is 0 Å². The molecule has 0 amide bonds. The van der Waals surface area contributed by atoms with E-state index in [2.05, 4.69) is 5.10 Å². The minimum absolute atomic E-state index is 0.211. The van der Waals surface area contributed by atoms with Gasteiger partial charge in [0.25, 0.3) is 0 Å². The average molecular weight is 337 g/mol. The lowest BCUT2D eigenvalue weighted by atomic mass is 10.2. The first-order chi connectivity index (χ1) is 10.9. The number of aryl methyl sites for hydroxylation is 1. The Morgan fingerprint density at radius 2 is 2.04 bits per heavy atom. The first-order valence-electron chi connectivity index (χ1n) is 7.95. The number of hydrogen-bond donors (Lipinski definition) is 0. The van der Waals surface area contributed by atoms with Gasteiger partial charge in [-0.1, -0.05) is 12.8 Å². The van der Waals surface area contributed by atoms with Crippen LogP contribution in [-0.4, -0.2) is 29.6 Å². The third-order valence-corrected chi connectivity index (χ3v) is 6.61. The summed E-state index contributed by atoms with van der Waals surface area (Å²) in [5.74, 6) is 0.620. The standard InChI is InChI=1S/C16H23N3O3S/c1-12-16(13(2)19(17-12)14-7-4-5-8-14)23(20,21)18(3)11-15-9-6-10-22-15/h6,9-10,14H,4-5,7-8,11H2,1-3H3. The molecule has 2 aromatic rings. The fourth-order valence-electron chi connectivity index (χ4n) is 3.39. The summed E-state index contributed by atoms with van der Waals surface area (Å²) in [6.07, 6.45) is 6.06. The summed E-state index contributed by atoms with van der Waals surface area (Å²) in [6.45, 7) is 3.83. The van der Waals surface area contributed by atoms with Crippen LogP contribution in [-0.2, 0) is 16.6 Å². The molecule has 0 spiro atoms. The third-order valence-electron chi connectivity index (χ3n) is 4.56. The van der Waals surface area contributed by atoms with Crippen molar-refractivity contribution in [1.82, 2.24) is 14.1 Å². The van der Waals surface area contributed by atoms with Crippen molar-refractivity contribution < 1.29 is 12.8 Å². The average Bonchev–Trinajstić information content (AvgIpc) is 3.20. The van der Waals surface area contributed by atoms with Crippen LogP contribution in [0.2, 0.25) is 0 Å². The van der Waals surface area contributed by atoms with Crippen LogP contribution >= 0.6 is 0 Å². The van der Waals surface area contributed by atoms with E-state index in [0.29, 0.717) is 22.4 Å². The molecule has 0 N–H and O–H groups in total. The summed E-state index contributed by atoms with van der Waals surface area (Å²) in [5, 5.41) is 4.53. The molecule has 0 saturated heterocycles. The Kier molecular flexibility index (Phi) is 4.33. The normalized spacial score (nSPS) is 16.5. The molecule has 1 saturated carbocycles. The molecule has 0 aromatic carbocycles. The Balaban J connectivity index is 1.93. The summed E-state index contributed by atoms with van der Waals surface area (Å²) < 4.78 is 34.4. The van der Waals surface area contributed by atoms with Crippen molar-refractivity contribution in [2.45, 2.75) is 57.0 Å². The van der Waals surface area contributed by atoms with E-state index in [-0.39, 0.29) is 6.54 Å². The number of hydrogen-bond acceptors (Lipinski definition) is 4. The highest BCUT2D eigenvalue weighted by molar-refractivity contribution is 7.89. The summed E-state index contributed by atoms with van der Waals surface area (Å²) in [6, 6.07) is 3.85. The smallest absolute Gasteiger partial charge is 0.246 e. The maximum Gasteiger partial charge on any atom is 0.246 e. The first kappa shape index (κ1) is 16.3. The second-order valence-corrected chi connectivity index (χ2v) is 8.20. The molecule has 7 heteroatoms. The van der Waals surface area contributed by atoms with E-state index < -0.39 is 10.0 Å². The Morgan fingerprint density at radius 1 is 1.35 bits per heavy atom. The van der Waals surface area contributed by atoms with Crippen LogP contribution in [0.4, 0.5) is 0 Å². The molecule has 0 atom stereocenters. The van der Waals surface area contributed by atoms with Gasteiger partial charge >= 0.3 is 0 Å². The predicted octanol–water partition coefficient (Wildman–Crippen LogP) is 3.03. The Labute approximate surface area is 137 Å². The molecular weight excluding hydrogens is 314 g/mol. The van der Waals surface area contributed by atoms with Crippen molar-refractivity contribution in [3.05, 3.63) is 35.5 Å². The summed E-state index contributed by atoms with van der Waals surface area (Å²) in [5.41, 5.74) is 1.31. The molecule has 3 rings (SSSR count). The number of sulfonamides is 1. The van der Waals surface area contributed by atoms with E-state index in [9.17, 15) is 8.42 Å². The molecule has 0 radical (unpaired) electrons. The molecule has 6 nitrogen and oxygen atoms in total. The number of furan rings is 1. The number of rotatable bonds is 5. The van der Waals surface area contributed by atoms with Gasteiger partial charge in [-0.15, -0.1) is 0 Å². The van der Waals surface area contributed by atoms with E-state index in [1.165, 1.54) is 17.1 Å². The molecule has 1 aliphatic rings. The van der Waals surface area contributed by atoms with Crippen molar-refractivity contribution in [3.8, 4) is 0 Å². The van der Waals surface area contributed by atoms with Crippen molar-refractivity contribution in [2.75, 3.05) is 7.05 Å². The molecule has 2 heterocycles.